The van der Waals surface area contributed by atoms with E-state index in [0.29, 0.717) is 16.9 Å². The number of benzene rings is 3. The van der Waals surface area contributed by atoms with E-state index in [4.69, 9.17) is 4.84 Å². The van der Waals surface area contributed by atoms with Crippen LogP contribution in [0.15, 0.2) is 78.9 Å². The number of carbonyl (C=O) groups excluding carboxylic acids is 2. The maximum absolute atomic E-state index is 13.6. The number of nitrogens with zero attached hydrogens (tertiary/aromatic N) is 3. The first kappa shape index (κ1) is 19.9. The number of hydrogen-bond donors (Lipinski definition) is 0. The summed E-state index contributed by atoms with van der Waals surface area (Å²) in [7, 11) is 0. The molecule has 5 rings (SSSR count). The van der Waals surface area contributed by atoms with Crippen LogP contribution in [0.2, 0.25) is 0 Å². The topological polar surface area (TPSA) is 93.0 Å². The zero-order chi connectivity index (χ0) is 22.4. The van der Waals surface area contributed by atoms with E-state index < -0.39 is 28.9 Å². The maximum Gasteiger partial charge on any atom is 0.269 e. The molecule has 2 saturated heterocycles. The normalized spacial score (nSPS) is 22.3. The molecule has 160 valence electrons. The highest BCUT2D eigenvalue weighted by Gasteiger charge is 2.60. The number of non-ortho nitro benzene ring substituents is 1. The van der Waals surface area contributed by atoms with Crippen molar-refractivity contribution in [2.24, 2.45) is 5.92 Å². The highest BCUT2D eigenvalue weighted by atomic mass is 16.7. The van der Waals surface area contributed by atoms with Crippen LogP contribution < -0.4 is 9.96 Å². The molecule has 0 aromatic heterocycles. The van der Waals surface area contributed by atoms with E-state index in [-0.39, 0.29) is 11.6 Å². The number of fused-ring (bicyclic) bond motifs is 1. The van der Waals surface area contributed by atoms with E-state index >= 15 is 0 Å². The number of amides is 2. The van der Waals surface area contributed by atoms with Crippen LogP contribution in [0.4, 0.5) is 17.1 Å². The predicted molar refractivity (Wildman–Crippen MR) is 117 cm³/mol. The summed E-state index contributed by atoms with van der Waals surface area (Å²) in [6.45, 7) is 1.84. The van der Waals surface area contributed by atoms with E-state index in [1.54, 1.807) is 29.3 Å². The van der Waals surface area contributed by atoms with Crippen molar-refractivity contribution >= 4 is 28.9 Å². The third kappa shape index (κ3) is 3.04. The van der Waals surface area contributed by atoms with Gasteiger partial charge in [-0.2, -0.15) is 0 Å². The lowest BCUT2D eigenvalue weighted by Gasteiger charge is -2.29. The fourth-order valence-corrected chi connectivity index (χ4v) is 4.40. The average molecular weight is 429 g/mol. The Balaban J connectivity index is 1.59. The summed E-state index contributed by atoms with van der Waals surface area (Å²) in [5, 5.41) is 12.7. The van der Waals surface area contributed by atoms with E-state index in [9.17, 15) is 19.7 Å². The third-order valence-electron chi connectivity index (χ3n) is 5.93. The Hall–Kier alpha value is -4.04. The number of nitro groups is 1. The van der Waals surface area contributed by atoms with Crippen molar-refractivity contribution in [3.05, 3.63) is 100 Å². The fraction of sp³-hybridized carbons (Fsp3) is 0.167. The summed E-state index contributed by atoms with van der Waals surface area (Å²) in [4.78, 5) is 44.8. The highest BCUT2D eigenvalue weighted by Crippen LogP contribution is 2.48. The number of para-hydroxylation sites is 2. The second kappa shape index (κ2) is 7.58. The standard InChI is InChI=1S/C24H19N3O5/c1-15-7-5-6-10-19(15)25-23(28)20-21(16-11-13-18(14-12-16)27(30)31)26(32-22(20)24(25)29)17-8-3-2-4-9-17/h2-14,20-22H,1H3/t20-,21+,22-/m0/s1. The lowest BCUT2D eigenvalue weighted by atomic mass is 9.90. The minimum absolute atomic E-state index is 0.0501. The van der Waals surface area contributed by atoms with E-state index in [0.717, 1.165) is 5.56 Å². The Kier molecular flexibility index (Phi) is 4.71. The quantitative estimate of drug-likeness (QED) is 0.354. The molecule has 8 heteroatoms. The van der Waals surface area contributed by atoms with Crippen LogP contribution in [0.5, 0.6) is 0 Å². The minimum Gasteiger partial charge on any atom is -0.273 e. The van der Waals surface area contributed by atoms with Gasteiger partial charge in [-0.05, 0) is 36.2 Å². The molecule has 3 aromatic carbocycles. The number of hydrogen-bond acceptors (Lipinski definition) is 6. The Morgan fingerprint density at radius 3 is 2.19 bits per heavy atom. The van der Waals surface area contributed by atoms with Gasteiger partial charge in [0.15, 0.2) is 6.10 Å². The van der Waals surface area contributed by atoms with Crippen LogP contribution in [0.25, 0.3) is 0 Å². The molecule has 0 bridgehead atoms. The molecule has 2 heterocycles. The smallest absolute Gasteiger partial charge is 0.269 e. The van der Waals surface area contributed by atoms with Gasteiger partial charge in [-0.3, -0.25) is 24.5 Å². The Labute approximate surface area is 183 Å². The number of rotatable bonds is 4. The van der Waals surface area contributed by atoms with Gasteiger partial charge >= 0.3 is 0 Å². The Bertz CT molecular complexity index is 1210. The Morgan fingerprint density at radius 2 is 1.53 bits per heavy atom. The molecule has 3 atom stereocenters. The van der Waals surface area contributed by atoms with Gasteiger partial charge in [0.1, 0.15) is 5.92 Å². The summed E-state index contributed by atoms with van der Waals surface area (Å²) in [5.41, 5.74) is 2.63. The lowest BCUT2D eigenvalue weighted by Crippen LogP contribution is -2.37. The van der Waals surface area contributed by atoms with Gasteiger partial charge in [0, 0.05) is 12.1 Å². The molecule has 3 aromatic rings. The molecular formula is C24H19N3O5. The second-order valence-corrected chi connectivity index (χ2v) is 7.80. The first-order valence-electron chi connectivity index (χ1n) is 10.2. The third-order valence-corrected chi connectivity index (χ3v) is 5.93. The van der Waals surface area contributed by atoms with Crippen molar-refractivity contribution in [2.75, 3.05) is 9.96 Å². The number of hydroxylamine groups is 1. The number of nitro benzene ring substituents is 1. The molecule has 0 N–H and O–H groups in total. The van der Waals surface area contributed by atoms with Gasteiger partial charge in [0.25, 0.3) is 11.6 Å². The van der Waals surface area contributed by atoms with Crippen LogP contribution in [0.3, 0.4) is 0 Å². The van der Waals surface area contributed by atoms with E-state index in [2.05, 4.69) is 0 Å². The molecule has 0 unspecified atom stereocenters. The van der Waals surface area contributed by atoms with Gasteiger partial charge in [-0.25, -0.2) is 9.96 Å². The molecule has 32 heavy (non-hydrogen) atoms. The van der Waals surface area contributed by atoms with Crippen molar-refractivity contribution in [1.82, 2.24) is 0 Å². The van der Waals surface area contributed by atoms with Gasteiger partial charge in [-0.15, -0.1) is 0 Å². The molecule has 0 radical (unpaired) electrons. The lowest BCUT2D eigenvalue weighted by molar-refractivity contribution is -0.384. The summed E-state index contributed by atoms with van der Waals surface area (Å²) in [6, 6.07) is 21.8. The molecule has 2 amide bonds. The second-order valence-electron chi connectivity index (χ2n) is 7.80. The van der Waals surface area contributed by atoms with Crippen LogP contribution >= 0.6 is 0 Å². The first-order valence-corrected chi connectivity index (χ1v) is 10.2. The molecule has 2 aliphatic heterocycles. The number of aryl methyl sites for hydroxylation is 1. The average Bonchev–Trinajstić information content (AvgIpc) is 3.31. The van der Waals surface area contributed by atoms with Crippen LogP contribution in [0, 0.1) is 23.0 Å². The SMILES string of the molecule is Cc1ccccc1N1C(=O)[C@@H]2[C@H](ON(c3ccccc3)[C@@H]2c2ccc([N+](=O)[O-])cc2)C1=O. The predicted octanol–water partition coefficient (Wildman–Crippen LogP) is 3.95. The molecule has 2 aliphatic rings. The van der Waals surface area contributed by atoms with Gasteiger partial charge < -0.3 is 0 Å². The monoisotopic (exact) mass is 429 g/mol. The fourth-order valence-electron chi connectivity index (χ4n) is 4.40. The van der Waals surface area contributed by atoms with Gasteiger partial charge in [0.2, 0.25) is 5.91 Å². The van der Waals surface area contributed by atoms with E-state index in [1.165, 1.54) is 17.0 Å². The van der Waals surface area contributed by atoms with E-state index in [1.807, 2.05) is 49.4 Å². The molecule has 0 spiro atoms. The molecular weight excluding hydrogens is 410 g/mol. The summed E-state index contributed by atoms with van der Waals surface area (Å²) < 4.78 is 0. The van der Waals surface area contributed by atoms with Crippen LogP contribution in [-0.2, 0) is 14.4 Å². The molecule has 8 nitrogen and oxygen atoms in total. The van der Waals surface area contributed by atoms with Gasteiger partial charge in [0.05, 0.1) is 22.3 Å². The van der Waals surface area contributed by atoms with Gasteiger partial charge in [-0.1, -0.05) is 48.5 Å². The molecule has 0 aliphatic carbocycles. The van der Waals surface area contributed by atoms with Crippen molar-refractivity contribution in [3.8, 4) is 0 Å². The largest absolute Gasteiger partial charge is 0.273 e. The zero-order valence-electron chi connectivity index (χ0n) is 17.1. The summed E-state index contributed by atoms with van der Waals surface area (Å²) in [6.07, 6.45) is -0.984. The molecule has 0 saturated carbocycles. The van der Waals surface area contributed by atoms with Crippen LogP contribution in [0.1, 0.15) is 17.2 Å². The molecule has 2 fully saturated rings. The van der Waals surface area contributed by atoms with Crippen molar-refractivity contribution in [1.29, 1.82) is 0 Å². The minimum atomic E-state index is -0.984. The maximum atomic E-state index is 13.6. The number of anilines is 2. The van der Waals surface area contributed by atoms with Crippen molar-refractivity contribution in [2.45, 2.75) is 19.1 Å². The van der Waals surface area contributed by atoms with Crippen LogP contribution in [-0.4, -0.2) is 22.8 Å². The zero-order valence-corrected chi connectivity index (χ0v) is 17.1. The number of imide groups is 1. The Morgan fingerprint density at radius 1 is 0.875 bits per heavy atom. The van der Waals surface area contributed by atoms with Crippen molar-refractivity contribution in [3.63, 3.8) is 0 Å². The number of carbonyl (C=O) groups is 2. The highest BCUT2D eigenvalue weighted by molar-refractivity contribution is 6.24. The summed E-state index contributed by atoms with van der Waals surface area (Å²) >= 11 is 0. The first-order chi connectivity index (χ1) is 15.5. The summed E-state index contributed by atoms with van der Waals surface area (Å²) in [5.74, 6) is -1.56. The van der Waals surface area contributed by atoms with Crippen molar-refractivity contribution < 1.29 is 19.3 Å².